The SMILES string of the molecule is O=C(Nc1ccc2c(c1)OCCCO2)c1ccc(C(=O)Nc2ccc3c(c2)OCCCO3)cc1. The molecule has 0 saturated heterocycles. The lowest BCUT2D eigenvalue weighted by Gasteiger charge is -2.11. The van der Waals surface area contributed by atoms with E-state index in [2.05, 4.69) is 10.6 Å². The van der Waals surface area contributed by atoms with E-state index < -0.39 is 0 Å². The molecule has 3 aromatic rings. The summed E-state index contributed by atoms with van der Waals surface area (Å²) in [6.45, 7) is 2.35. The van der Waals surface area contributed by atoms with E-state index in [0.717, 1.165) is 12.8 Å². The maximum absolute atomic E-state index is 12.7. The van der Waals surface area contributed by atoms with Crippen LogP contribution in [0.2, 0.25) is 0 Å². The summed E-state index contributed by atoms with van der Waals surface area (Å²) < 4.78 is 22.6. The largest absolute Gasteiger partial charge is 0.490 e. The molecule has 2 aliphatic heterocycles. The molecule has 2 heterocycles. The second kappa shape index (κ2) is 9.74. The van der Waals surface area contributed by atoms with Crippen LogP contribution in [0.1, 0.15) is 33.6 Å². The highest BCUT2D eigenvalue weighted by atomic mass is 16.5. The van der Waals surface area contributed by atoms with Crippen molar-refractivity contribution < 1.29 is 28.5 Å². The second-order valence-electron chi connectivity index (χ2n) is 7.91. The Bertz CT molecular complexity index is 1110. The van der Waals surface area contributed by atoms with E-state index in [0.29, 0.717) is 71.9 Å². The van der Waals surface area contributed by atoms with Crippen molar-refractivity contribution in [1.29, 1.82) is 0 Å². The Kier molecular flexibility index (Phi) is 6.20. The van der Waals surface area contributed by atoms with Crippen molar-refractivity contribution in [3.63, 3.8) is 0 Å². The van der Waals surface area contributed by atoms with E-state index in [1.807, 2.05) is 0 Å². The number of anilines is 2. The van der Waals surface area contributed by atoms with Gasteiger partial charge in [-0.25, -0.2) is 0 Å². The molecular weight excluding hydrogens is 436 g/mol. The first-order chi connectivity index (χ1) is 16.7. The first-order valence-electron chi connectivity index (χ1n) is 11.2. The van der Waals surface area contributed by atoms with Crippen molar-refractivity contribution in [2.45, 2.75) is 12.8 Å². The second-order valence-corrected chi connectivity index (χ2v) is 7.91. The van der Waals surface area contributed by atoms with Crippen molar-refractivity contribution in [2.75, 3.05) is 37.1 Å². The van der Waals surface area contributed by atoms with E-state index in [1.54, 1.807) is 60.7 Å². The number of nitrogens with one attached hydrogen (secondary N) is 2. The molecule has 0 saturated carbocycles. The molecule has 0 fully saturated rings. The zero-order valence-corrected chi connectivity index (χ0v) is 18.5. The van der Waals surface area contributed by atoms with Crippen LogP contribution in [0.4, 0.5) is 11.4 Å². The summed E-state index contributed by atoms with van der Waals surface area (Å²) in [5, 5.41) is 5.70. The number of rotatable bonds is 4. The maximum atomic E-state index is 12.7. The molecule has 0 unspecified atom stereocenters. The van der Waals surface area contributed by atoms with Crippen LogP contribution in [-0.4, -0.2) is 38.2 Å². The number of ether oxygens (including phenoxy) is 4. The van der Waals surface area contributed by atoms with Gasteiger partial charge >= 0.3 is 0 Å². The van der Waals surface area contributed by atoms with Gasteiger partial charge in [-0.05, 0) is 48.5 Å². The van der Waals surface area contributed by atoms with E-state index in [-0.39, 0.29) is 11.8 Å². The summed E-state index contributed by atoms with van der Waals surface area (Å²) >= 11 is 0. The fourth-order valence-corrected chi connectivity index (χ4v) is 3.66. The molecule has 8 nitrogen and oxygen atoms in total. The van der Waals surface area contributed by atoms with Crippen molar-refractivity contribution in [2.24, 2.45) is 0 Å². The zero-order chi connectivity index (χ0) is 23.3. The Morgan fingerprint density at radius 2 is 0.912 bits per heavy atom. The van der Waals surface area contributed by atoms with E-state index in [1.165, 1.54) is 0 Å². The Morgan fingerprint density at radius 1 is 0.529 bits per heavy atom. The standard InChI is InChI=1S/C26H24N2O6/c29-25(27-19-7-9-21-23(15-19)33-13-1-11-31-21)17-3-5-18(6-4-17)26(30)28-20-8-10-22-24(16-20)34-14-2-12-32-22/h3-10,15-16H,1-2,11-14H2,(H,27,29)(H,28,30). The topological polar surface area (TPSA) is 95.1 Å². The molecule has 2 aliphatic rings. The average Bonchev–Trinajstić information content (AvgIpc) is 3.24. The minimum absolute atomic E-state index is 0.288. The van der Waals surface area contributed by atoms with Gasteiger partial charge in [-0.15, -0.1) is 0 Å². The quantitative estimate of drug-likeness (QED) is 0.595. The lowest BCUT2D eigenvalue weighted by atomic mass is 10.1. The van der Waals surface area contributed by atoms with Crippen LogP contribution in [0.15, 0.2) is 60.7 Å². The monoisotopic (exact) mass is 460 g/mol. The van der Waals surface area contributed by atoms with Gasteiger partial charge in [0.15, 0.2) is 23.0 Å². The molecule has 2 amide bonds. The molecule has 3 aromatic carbocycles. The van der Waals surface area contributed by atoms with Gasteiger partial charge in [0, 0.05) is 47.5 Å². The molecule has 0 bridgehead atoms. The average molecular weight is 460 g/mol. The van der Waals surface area contributed by atoms with Gasteiger partial charge in [0.25, 0.3) is 11.8 Å². The van der Waals surface area contributed by atoms with Crippen molar-refractivity contribution >= 4 is 23.2 Å². The van der Waals surface area contributed by atoms with Crippen LogP contribution >= 0.6 is 0 Å². The fourth-order valence-electron chi connectivity index (χ4n) is 3.66. The molecule has 0 aliphatic carbocycles. The maximum Gasteiger partial charge on any atom is 0.255 e. The molecule has 0 radical (unpaired) electrons. The zero-order valence-electron chi connectivity index (χ0n) is 18.5. The van der Waals surface area contributed by atoms with Crippen LogP contribution in [0, 0.1) is 0 Å². The number of amides is 2. The number of hydrogen-bond acceptors (Lipinski definition) is 6. The summed E-state index contributed by atoms with van der Waals surface area (Å²) in [7, 11) is 0. The number of carbonyl (C=O) groups excluding carboxylic acids is 2. The summed E-state index contributed by atoms with van der Waals surface area (Å²) in [5.74, 6) is 1.97. The molecular formula is C26H24N2O6. The van der Waals surface area contributed by atoms with Gasteiger partial charge in [0.05, 0.1) is 26.4 Å². The Balaban J connectivity index is 1.23. The lowest BCUT2D eigenvalue weighted by molar-refractivity contribution is 0.101. The van der Waals surface area contributed by atoms with E-state index in [4.69, 9.17) is 18.9 Å². The molecule has 2 N–H and O–H groups in total. The molecule has 0 aromatic heterocycles. The summed E-state index contributed by atoms with van der Waals surface area (Å²) in [5.41, 5.74) is 2.06. The first-order valence-corrected chi connectivity index (χ1v) is 11.2. The smallest absolute Gasteiger partial charge is 0.255 e. The normalized spacial score (nSPS) is 14.4. The predicted octanol–water partition coefficient (Wildman–Crippen LogP) is 4.51. The molecule has 174 valence electrons. The Hall–Kier alpha value is -4.20. The van der Waals surface area contributed by atoms with E-state index >= 15 is 0 Å². The van der Waals surface area contributed by atoms with Gasteiger partial charge in [-0.1, -0.05) is 0 Å². The highest BCUT2D eigenvalue weighted by molar-refractivity contribution is 6.07. The summed E-state index contributed by atoms with van der Waals surface area (Å²) in [6.07, 6.45) is 1.62. The van der Waals surface area contributed by atoms with Crippen LogP contribution in [-0.2, 0) is 0 Å². The third-order valence-corrected chi connectivity index (χ3v) is 5.42. The van der Waals surface area contributed by atoms with Crippen LogP contribution in [0.3, 0.4) is 0 Å². The Morgan fingerprint density at radius 3 is 1.32 bits per heavy atom. The third kappa shape index (κ3) is 4.91. The summed E-state index contributed by atoms with van der Waals surface area (Å²) in [6, 6.07) is 17.0. The van der Waals surface area contributed by atoms with Gasteiger partial charge in [0.2, 0.25) is 0 Å². The van der Waals surface area contributed by atoms with Crippen molar-refractivity contribution in [1.82, 2.24) is 0 Å². The number of carbonyl (C=O) groups is 2. The first kappa shape index (κ1) is 21.6. The van der Waals surface area contributed by atoms with Crippen LogP contribution < -0.4 is 29.6 Å². The number of hydrogen-bond donors (Lipinski definition) is 2. The van der Waals surface area contributed by atoms with Gasteiger partial charge < -0.3 is 29.6 Å². The highest BCUT2D eigenvalue weighted by Gasteiger charge is 2.15. The van der Waals surface area contributed by atoms with Crippen molar-refractivity contribution in [3.8, 4) is 23.0 Å². The minimum Gasteiger partial charge on any atom is -0.490 e. The number of fused-ring (bicyclic) bond motifs is 2. The van der Waals surface area contributed by atoms with Gasteiger partial charge in [0.1, 0.15) is 0 Å². The summed E-state index contributed by atoms with van der Waals surface area (Å²) in [4.78, 5) is 25.4. The molecule has 8 heteroatoms. The molecule has 0 spiro atoms. The van der Waals surface area contributed by atoms with Gasteiger partial charge in [-0.2, -0.15) is 0 Å². The highest BCUT2D eigenvalue weighted by Crippen LogP contribution is 2.33. The number of benzene rings is 3. The van der Waals surface area contributed by atoms with Crippen molar-refractivity contribution in [3.05, 3.63) is 71.8 Å². The minimum atomic E-state index is -0.288. The fraction of sp³-hybridized carbons (Fsp3) is 0.231. The van der Waals surface area contributed by atoms with Crippen LogP contribution in [0.5, 0.6) is 23.0 Å². The Labute approximate surface area is 196 Å². The van der Waals surface area contributed by atoms with Gasteiger partial charge in [-0.3, -0.25) is 9.59 Å². The molecule has 0 atom stereocenters. The predicted molar refractivity (Wildman–Crippen MR) is 126 cm³/mol. The third-order valence-electron chi connectivity index (χ3n) is 5.42. The van der Waals surface area contributed by atoms with E-state index in [9.17, 15) is 9.59 Å². The lowest BCUT2D eigenvalue weighted by Crippen LogP contribution is -2.14. The molecule has 34 heavy (non-hydrogen) atoms. The molecule has 5 rings (SSSR count). The van der Waals surface area contributed by atoms with Crippen LogP contribution in [0.25, 0.3) is 0 Å².